The van der Waals surface area contributed by atoms with E-state index in [0.717, 1.165) is 0 Å². The van der Waals surface area contributed by atoms with Crippen LogP contribution in [0, 0.1) is 13.8 Å². The van der Waals surface area contributed by atoms with Crippen molar-refractivity contribution in [1.82, 2.24) is 9.97 Å². The summed E-state index contributed by atoms with van der Waals surface area (Å²) in [6.45, 7) is 3.23. The topological polar surface area (TPSA) is 120 Å². The summed E-state index contributed by atoms with van der Waals surface area (Å²) >= 11 is 0. The van der Waals surface area contributed by atoms with Crippen molar-refractivity contribution in [3.63, 3.8) is 0 Å². The number of aryl methyl sites for hydroxylation is 2. The van der Waals surface area contributed by atoms with Gasteiger partial charge in [0.2, 0.25) is 0 Å². The average molecular weight is 270 g/mol. The molecule has 18 heavy (non-hydrogen) atoms. The normalized spacial score (nSPS) is 11.9. The molecule has 96 valence electrons. The van der Waals surface area contributed by atoms with Crippen molar-refractivity contribution in [2.45, 2.75) is 18.7 Å². The van der Waals surface area contributed by atoms with Crippen LogP contribution in [0.4, 0.5) is 0 Å². The number of nitrogens with one attached hydrogen (secondary N) is 2. The number of H-pyrrole nitrogens is 2. The van der Waals surface area contributed by atoms with Gasteiger partial charge in [0.1, 0.15) is 4.90 Å². The fourth-order valence-corrected chi connectivity index (χ4v) is 2.54. The molecule has 0 fully saturated rings. The molecule has 0 spiro atoms. The van der Waals surface area contributed by atoms with Crippen LogP contribution in [-0.4, -0.2) is 22.9 Å². The zero-order valence-electron chi connectivity index (χ0n) is 9.57. The molecule has 0 bridgehead atoms. The molecule has 3 N–H and O–H groups in total. The summed E-state index contributed by atoms with van der Waals surface area (Å²) < 4.78 is 31.6. The zero-order valence-corrected chi connectivity index (χ0v) is 10.4. The first-order chi connectivity index (χ1) is 8.21. The van der Waals surface area contributed by atoms with Crippen LogP contribution in [0.2, 0.25) is 0 Å². The summed E-state index contributed by atoms with van der Waals surface area (Å²) in [5, 5.41) is 0.0437. The van der Waals surface area contributed by atoms with Crippen molar-refractivity contribution in [2.24, 2.45) is 0 Å². The van der Waals surface area contributed by atoms with E-state index in [0.29, 0.717) is 11.1 Å². The van der Waals surface area contributed by atoms with E-state index in [1.54, 1.807) is 13.8 Å². The molecule has 2 rings (SSSR count). The maximum atomic E-state index is 11.7. The highest BCUT2D eigenvalue weighted by molar-refractivity contribution is 7.86. The number of rotatable bonds is 1. The van der Waals surface area contributed by atoms with Gasteiger partial charge in [-0.15, -0.1) is 0 Å². The minimum Gasteiger partial charge on any atom is -0.305 e. The monoisotopic (exact) mass is 270 g/mol. The first-order valence-corrected chi connectivity index (χ1v) is 6.40. The molecule has 8 heteroatoms. The Kier molecular flexibility index (Phi) is 2.63. The van der Waals surface area contributed by atoms with E-state index in [2.05, 4.69) is 4.98 Å². The van der Waals surface area contributed by atoms with Gasteiger partial charge < -0.3 is 4.98 Å². The van der Waals surface area contributed by atoms with Gasteiger partial charge in [-0.05, 0) is 31.0 Å². The van der Waals surface area contributed by atoms with Crippen molar-refractivity contribution < 1.29 is 13.0 Å². The third-order valence-electron chi connectivity index (χ3n) is 2.78. The maximum Gasteiger partial charge on any atom is 0.326 e. The second kappa shape index (κ2) is 3.79. The Labute approximate surface area is 101 Å². The second-order valence-corrected chi connectivity index (χ2v) is 5.34. The van der Waals surface area contributed by atoms with Gasteiger partial charge >= 0.3 is 5.69 Å². The molecule has 0 amide bonds. The molecule has 0 aliphatic carbocycles. The van der Waals surface area contributed by atoms with Crippen LogP contribution >= 0.6 is 0 Å². The van der Waals surface area contributed by atoms with E-state index in [4.69, 9.17) is 4.55 Å². The van der Waals surface area contributed by atoms with Gasteiger partial charge in [-0.1, -0.05) is 0 Å². The van der Waals surface area contributed by atoms with E-state index in [1.165, 1.54) is 6.07 Å². The highest BCUT2D eigenvalue weighted by Crippen LogP contribution is 2.23. The third-order valence-corrected chi connectivity index (χ3v) is 3.66. The van der Waals surface area contributed by atoms with Gasteiger partial charge in [0.25, 0.3) is 15.7 Å². The lowest BCUT2D eigenvalue weighted by Crippen LogP contribution is -2.24. The summed E-state index contributed by atoms with van der Waals surface area (Å²) in [6.07, 6.45) is 0. The van der Waals surface area contributed by atoms with Crippen LogP contribution in [0.3, 0.4) is 0 Å². The first kappa shape index (κ1) is 12.5. The van der Waals surface area contributed by atoms with Gasteiger partial charge in [-0.2, -0.15) is 8.42 Å². The van der Waals surface area contributed by atoms with Gasteiger partial charge in [0.15, 0.2) is 0 Å². The van der Waals surface area contributed by atoms with Crippen LogP contribution in [0.1, 0.15) is 11.1 Å². The van der Waals surface area contributed by atoms with Crippen LogP contribution < -0.4 is 11.2 Å². The first-order valence-electron chi connectivity index (χ1n) is 4.96. The lowest BCUT2D eigenvalue weighted by Gasteiger charge is -2.08. The molecular weight excluding hydrogens is 260 g/mol. The lowest BCUT2D eigenvalue weighted by atomic mass is 10.1. The Morgan fingerprint density at radius 2 is 1.78 bits per heavy atom. The van der Waals surface area contributed by atoms with Gasteiger partial charge in [0.05, 0.1) is 10.9 Å². The predicted octanol–water partition coefficient (Wildman–Crippen LogP) is 0.0799. The molecule has 0 saturated heterocycles. The molecule has 1 aromatic carbocycles. The molecule has 0 saturated carbocycles. The minimum absolute atomic E-state index is 0.0437. The Bertz CT molecular complexity index is 860. The van der Waals surface area contributed by atoms with E-state index in [1.807, 2.05) is 4.98 Å². The van der Waals surface area contributed by atoms with Crippen molar-refractivity contribution in [1.29, 1.82) is 0 Å². The Hall–Kier alpha value is -1.93. The highest BCUT2D eigenvalue weighted by atomic mass is 32.2. The summed E-state index contributed by atoms with van der Waals surface area (Å²) in [5.74, 6) is 0. The third kappa shape index (κ3) is 1.85. The van der Waals surface area contributed by atoms with Crippen molar-refractivity contribution >= 4 is 21.0 Å². The van der Waals surface area contributed by atoms with Gasteiger partial charge in [-0.3, -0.25) is 14.3 Å². The Morgan fingerprint density at radius 3 is 2.33 bits per heavy atom. The van der Waals surface area contributed by atoms with Crippen LogP contribution in [0.5, 0.6) is 0 Å². The van der Waals surface area contributed by atoms with Crippen LogP contribution in [0.25, 0.3) is 10.9 Å². The summed E-state index contributed by atoms with van der Waals surface area (Å²) in [5.41, 5.74) is -0.655. The summed E-state index contributed by atoms with van der Waals surface area (Å²) in [4.78, 5) is 26.6. The molecule has 1 aromatic heterocycles. The largest absolute Gasteiger partial charge is 0.326 e. The predicted molar refractivity (Wildman–Crippen MR) is 64.5 cm³/mol. The molecule has 0 aliphatic heterocycles. The lowest BCUT2D eigenvalue weighted by molar-refractivity contribution is 0.484. The number of hydrogen-bond acceptors (Lipinski definition) is 4. The molecule has 1 heterocycles. The number of aromatic nitrogens is 2. The van der Waals surface area contributed by atoms with Crippen molar-refractivity contribution in [3.8, 4) is 0 Å². The number of hydrogen-bond donors (Lipinski definition) is 3. The van der Waals surface area contributed by atoms with E-state index in [9.17, 15) is 18.0 Å². The van der Waals surface area contributed by atoms with E-state index >= 15 is 0 Å². The number of benzene rings is 1. The highest BCUT2D eigenvalue weighted by Gasteiger charge is 2.19. The second-order valence-electron chi connectivity index (χ2n) is 3.95. The van der Waals surface area contributed by atoms with E-state index in [-0.39, 0.29) is 10.9 Å². The van der Waals surface area contributed by atoms with Crippen LogP contribution in [0.15, 0.2) is 20.6 Å². The number of aromatic amines is 2. The Balaban J connectivity index is 3.22. The Morgan fingerprint density at radius 1 is 1.17 bits per heavy atom. The summed E-state index contributed by atoms with van der Waals surface area (Å²) in [6, 6.07) is 1.21. The number of fused-ring (bicyclic) bond motifs is 1. The van der Waals surface area contributed by atoms with E-state index < -0.39 is 26.3 Å². The maximum absolute atomic E-state index is 11.7. The standard InChI is InChI=1S/C10H10N2O5S/c1-4-3-6(18(15,16)17)8-7(5(4)2)9(13)12-10(14)11-8/h3H,1-2H3,(H,15,16,17)(H2,11,12,13,14). The van der Waals surface area contributed by atoms with Crippen molar-refractivity contribution in [2.75, 3.05) is 0 Å². The van der Waals surface area contributed by atoms with Crippen LogP contribution in [-0.2, 0) is 10.1 Å². The van der Waals surface area contributed by atoms with Crippen molar-refractivity contribution in [3.05, 3.63) is 38.0 Å². The molecule has 0 atom stereocenters. The quantitative estimate of drug-likeness (QED) is 0.634. The average Bonchev–Trinajstić information content (AvgIpc) is 2.20. The van der Waals surface area contributed by atoms with Gasteiger partial charge in [-0.25, -0.2) is 4.79 Å². The molecule has 0 radical (unpaired) electrons. The SMILES string of the molecule is Cc1cc(S(=O)(=O)O)c2[nH]c(=O)[nH]c(=O)c2c1C. The molecular formula is C10H10N2O5S. The summed E-state index contributed by atoms with van der Waals surface area (Å²) in [7, 11) is -4.53. The fraction of sp³-hybridized carbons (Fsp3) is 0.200. The molecule has 0 aliphatic rings. The minimum atomic E-state index is -4.53. The molecule has 7 nitrogen and oxygen atoms in total. The smallest absolute Gasteiger partial charge is 0.305 e. The fourth-order valence-electron chi connectivity index (χ4n) is 1.81. The van der Waals surface area contributed by atoms with Gasteiger partial charge in [0, 0.05) is 0 Å². The molecule has 0 unspecified atom stereocenters. The molecule has 2 aromatic rings. The zero-order chi connectivity index (χ0) is 13.7.